The van der Waals surface area contributed by atoms with Crippen LogP contribution in [0.25, 0.3) is 0 Å². The van der Waals surface area contributed by atoms with Gasteiger partial charge in [0, 0.05) is 12.0 Å². The van der Waals surface area contributed by atoms with E-state index in [1.807, 2.05) is 0 Å². The third-order valence-electron chi connectivity index (χ3n) is 2.19. The first-order chi connectivity index (χ1) is 9.43. The maximum atomic E-state index is 13.1. The Morgan fingerprint density at radius 2 is 1.67 bits per heavy atom. The molecule has 0 amide bonds. The lowest BCUT2D eigenvalue weighted by Crippen LogP contribution is -2.28. The molecule has 0 aromatic carbocycles. The predicted octanol–water partition coefficient (Wildman–Crippen LogP) is 3.11. The van der Waals surface area contributed by atoms with Gasteiger partial charge >= 0.3 is 11.9 Å². The molecule has 0 atom stereocenters. The number of ether oxygens (including phenoxy) is 2. The first-order valence-electron chi connectivity index (χ1n) is 6.17. The molecular formula is C13H18F4O4. The second-order valence-corrected chi connectivity index (χ2v) is 4.74. The molecule has 0 saturated carbocycles. The fourth-order valence-electron chi connectivity index (χ4n) is 1.28. The van der Waals surface area contributed by atoms with Gasteiger partial charge in [-0.1, -0.05) is 6.58 Å². The molecule has 0 spiro atoms. The summed E-state index contributed by atoms with van der Waals surface area (Å²) in [5.74, 6) is -8.65. The van der Waals surface area contributed by atoms with E-state index in [-0.39, 0.29) is 18.6 Å². The molecule has 0 aromatic rings. The van der Waals surface area contributed by atoms with E-state index in [4.69, 9.17) is 0 Å². The Morgan fingerprint density at radius 3 is 2.14 bits per heavy atom. The predicted molar refractivity (Wildman–Crippen MR) is 66.2 cm³/mol. The minimum Gasteiger partial charge on any atom is -0.465 e. The van der Waals surface area contributed by atoms with Crippen LogP contribution in [0.15, 0.2) is 12.2 Å². The molecule has 0 aliphatic heterocycles. The third-order valence-corrected chi connectivity index (χ3v) is 2.19. The van der Waals surface area contributed by atoms with E-state index in [1.54, 1.807) is 0 Å². The van der Waals surface area contributed by atoms with E-state index in [2.05, 4.69) is 16.1 Å². The minimum atomic E-state index is -3.62. The highest BCUT2D eigenvalue weighted by molar-refractivity contribution is 5.87. The summed E-state index contributed by atoms with van der Waals surface area (Å²) >= 11 is 0. The number of rotatable bonds is 9. The van der Waals surface area contributed by atoms with Crippen LogP contribution in [-0.2, 0) is 19.1 Å². The quantitative estimate of drug-likeness (QED) is 0.373. The Hall–Kier alpha value is -1.60. The van der Waals surface area contributed by atoms with Crippen LogP contribution < -0.4 is 0 Å². The van der Waals surface area contributed by atoms with Gasteiger partial charge in [0.15, 0.2) is 0 Å². The lowest BCUT2D eigenvalue weighted by Gasteiger charge is -2.20. The number of carbonyl (C=O) groups excluding carboxylic acids is 2. The molecule has 122 valence electrons. The number of alkyl halides is 4. The normalized spacial score (nSPS) is 11.9. The van der Waals surface area contributed by atoms with Crippen molar-refractivity contribution in [2.75, 3.05) is 13.2 Å². The van der Waals surface area contributed by atoms with E-state index < -0.39 is 43.2 Å². The molecule has 0 bridgehead atoms. The van der Waals surface area contributed by atoms with Gasteiger partial charge in [0.25, 0.3) is 11.8 Å². The number of esters is 2. The summed E-state index contributed by atoms with van der Waals surface area (Å²) in [6, 6.07) is 0. The molecule has 0 fully saturated rings. The average Bonchev–Trinajstić information content (AvgIpc) is 2.24. The molecule has 0 rings (SSSR count). The molecule has 0 aliphatic carbocycles. The Morgan fingerprint density at radius 1 is 1.10 bits per heavy atom. The van der Waals surface area contributed by atoms with E-state index in [0.29, 0.717) is 6.92 Å². The van der Waals surface area contributed by atoms with Crippen molar-refractivity contribution in [2.24, 2.45) is 0 Å². The molecule has 21 heavy (non-hydrogen) atoms. The van der Waals surface area contributed by atoms with E-state index in [0.717, 1.165) is 0 Å². The standard InChI is InChI=1S/C13H18F4O4/c1-9(2)11(19)21-6-4-10(18)20-7-5-13(16,17)8-12(3,14)15/h1,4-8H2,2-3H3. The average molecular weight is 314 g/mol. The van der Waals surface area contributed by atoms with Crippen molar-refractivity contribution in [3.05, 3.63) is 12.2 Å². The molecule has 4 nitrogen and oxygen atoms in total. The van der Waals surface area contributed by atoms with Crippen molar-refractivity contribution in [1.82, 2.24) is 0 Å². The number of halogens is 4. The molecule has 0 heterocycles. The summed E-state index contributed by atoms with van der Waals surface area (Å²) in [7, 11) is 0. The first-order valence-corrected chi connectivity index (χ1v) is 6.17. The lowest BCUT2D eigenvalue weighted by atomic mass is 10.1. The SMILES string of the molecule is C=C(C)C(=O)OCCC(=O)OCCC(F)(F)CC(C)(F)F. The summed E-state index contributed by atoms with van der Waals surface area (Å²) in [5.41, 5.74) is 0.156. The summed E-state index contributed by atoms with van der Waals surface area (Å²) in [4.78, 5) is 22.1. The van der Waals surface area contributed by atoms with Gasteiger partial charge in [0.05, 0.1) is 19.4 Å². The van der Waals surface area contributed by atoms with Crippen LogP contribution in [0.1, 0.15) is 33.1 Å². The van der Waals surface area contributed by atoms with Gasteiger partial charge in [-0.3, -0.25) is 4.79 Å². The summed E-state index contributed by atoms with van der Waals surface area (Å²) in [6.07, 6.45) is -2.91. The monoisotopic (exact) mass is 314 g/mol. The van der Waals surface area contributed by atoms with Crippen LogP contribution >= 0.6 is 0 Å². The highest BCUT2D eigenvalue weighted by atomic mass is 19.3. The zero-order chi connectivity index (χ0) is 16.7. The highest BCUT2D eigenvalue weighted by Gasteiger charge is 2.39. The van der Waals surface area contributed by atoms with Crippen LogP contribution in [0.4, 0.5) is 17.6 Å². The smallest absolute Gasteiger partial charge is 0.333 e. The van der Waals surface area contributed by atoms with Crippen LogP contribution in [0.5, 0.6) is 0 Å². The number of carbonyl (C=O) groups is 2. The van der Waals surface area contributed by atoms with Gasteiger partial charge in [-0.25, -0.2) is 22.4 Å². The molecule has 0 aromatic heterocycles. The largest absolute Gasteiger partial charge is 0.465 e. The molecule has 0 saturated heterocycles. The van der Waals surface area contributed by atoms with Gasteiger partial charge in [-0.05, 0) is 13.8 Å². The molecule has 0 unspecified atom stereocenters. The fraction of sp³-hybridized carbons (Fsp3) is 0.692. The van der Waals surface area contributed by atoms with E-state index in [1.165, 1.54) is 6.92 Å². The topological polar surface area (TPSA) is 52.6 Å². The maximum Gasteiger partial charge on any atom is 0.333 e. The molecular weight excluding hydrogens is 296 g/mol. The van der Waals surface area contributed by atoms with Crippen LogP contribution in [0, 0.1) is 0 Å². The van der Waals surface area contributed by atoms with Crippen molar-refractivity contribution in [3.8, 4) is 0 Å². The second kappa shape index (κ2) is 7.99. The highest BCUT2D eigenvalue weighted by Crippen LogP contribution is 2.32. The van der Waals surface area contributed by atoms with Crippen molar-refractivity contribution in [1.29, 1.82) is 0 Å². The van der Waals surface area contributed by atoms with Crippen molar-refractivity contribution in [3.63, 3.8) is 0 Å². The van der Waals surface area contributed by atoms with Crippen LogP contribution in [0.2, 0.25) is 0 Å². The van der Waals surface area contributed by atoms with Gasteiger partial charge < -0.3 is 9.47 Å². The Balaban J connectivity index is 3.89. The molecule has 0 aliphatic rings. The molecule has 0 N–H and O–H groups in total. The number of hydrogen-bond donors (Lipinski definition) is 0. The van der Waals surface area contributed by atoms with Crippen LogP contribution in [0.3, 0.4) is 0 Å². The van der Waals surface area contributed by atoms with Gasteiger partial charge in [-0.2, -0.15) is 0 Å². The van der Waals surface area contributed by atoms with Crippen molar-refractivity contribution in [2.45, 2.75) is 45.0 Å². The van der Waals surface area contributed by atoms with E-state index >= 15 is 0 Å². The lowest BCUT2D eigenvalue weighted by molar-refractivity contribution is -0.150. The summed E-state index contributed by atoms with van der Waals surface area (Å²) in [6.45, 7) is 4.18. The van der Waals surface area contributed by atoms with Gasteiger partial charge in [0.1, 0.15) is 6.61 Å². The van der Waals surface area contributed by atoms with Crippen molar-refractivity contribution < 1.29 is 36.6 Å². The van der Waals surface area contributed by atoms with Crippen LogP contribution in [-0.4, -0.2) is 37.0 Å². The Bertz CT molecular complexity index is 388. The fourth-order valence-corrected chi connectivity index (χ4v) is 1.28. The first kappa shape index (κ1) is 19.4. The van der Waals surface area contributed by atoms with Gasteiger partial charge in [-0.15, -0.1) is 0 Å². The third kappa shape index (κ3) is 10.8. The number of hydrogen-bond acceptors (Lipinski definition) is 4. The maximum absolute atomic E-state index is 13.1. The zero-order valence-electron chi connectivity index (χ0n) is 11.9. The van der Waals surface area contributed by atoms with E-state index in [9.17, 15) is 27.2 Å². The van der Waals surface area contributed by atoms with Gasteiger partial charge in [0.2, 0.25) is 0 Å². The molecule has 8 heteroatoms. The Kier molecular flexibility index (Phi) is 7.38. The molecule has 0 radical (unpaired) electrons. The van der Waals surface area contributed by atoms with Crippen molar-refractivity contribution >= 4 is 11.9 Å². The summed E-state index contributed by atoms with van der Waals surface area (Å²) < 4.78 is 60.1. The summed E-state index contributed by atoms with van der Waals surface area (Å²) in [5, 5.41) is 0. The Labute approximate surface area is 120 Å². The zero-order valence-corrected chi connectivity index (χ0v) is 11.9. The second-order valence-electron chi connectivity index (χ2n) is 4.74. The minimum absolute atomic E-state index is 0.156.